The Morgan fingerprint density at radius 1 is 1.00 bits per heavy atom. The largest absolute Gasteiger partial charge is 0.368 e. The maximum Gasteiger partial charge on any atom is 0.270 e. The molecule has 200 valence electrons. The number of likely N-dealkylation sites (tertiary alicyclic amines) is 1. The number of piperidine rings is 1. The lowest BCUT2D eigenvalue weighted by molar-refractivity contribution is -0.118. The van der Waals surface area contributed by atoms with Crippen molar-refractivity contribution in [2.24, 2.45) is 5.92 Å². The van der Waals surface area contributed by atoms with Crippen LogP contribution in [0, 0.1) is 5.92 Å². The number of amides is 2. The number of rotatable bonds is 8. The molecule has 1 saturated heterocycles. The van der Waals surface area contributed by atoms with Crippen LogP contribution < -0.4 is 10.6 Å². The molecule has 0 atom stereocenters. The van der Waals surface area contributed by atoms with E-state index < -0.39 is 0 Å². The molecule has 2 aromatic heterocycles. The molecule has 3 N–H and O–H groups in total. The maximum absolute atomic E-state index is 13.4. The SMILES string of the molecule is CC(=O)NCCNc1nc(-c2ccccc2)nc2[nH]c(C(=O)N3CCC(C(=O)c4ccc(Cl)cc4)CC3)cc12. The molecule has 1 aliphatic rings. The molecule has 3 heterocycles. The van der Waals surface area contributed by atoms with E-state index in [0.29, 0.717) is 78.0 Å². The average molecular weight is 545 g/mol. The fourth-order valence-corrected chi connectivity index (χ4v) is 4.89. The standard InChI is InChI=1S/C29H29ClN6O3/c1-18(37)31-13-14-32-27-23-17-24(33-28(23)35-26(34-27)21-5-3-2-4-6-21)29(39)36-15-11-20(12-16-36)25(38)19-7-9-22(30)10-8-19/h2-10,17,20H,11-16H2,1H3,(H,31,37)(H2,32,33,34,35). The number of halogens is 1. The lowest BCUT2D eigenvalue weighted by Gasteiger charge is -2.31. The fraction of sp³-hybridized carbons (Fsp3) is 0.276. The van der Waals surface area contributed by atoms with Crippen LogP contribution in [0.2, 0.25) is 5.02 Å². The molecule has 0 unspecified atom stereocenters. The van der Waals surface area contributed by atoms with Crippen LogP contribution in [0.4, 0.5) is 5.82 Å². The lowest BCUT2D eigenvalue weighted by Crippen LogP contribution is -2.40. The Balaban J connectivity index is 1.33. The molecule has 4 aromatic rings. The highest BCUT2D eigenvalue weighted by molar-refractivity contribution is 6.30. The maximum atomic E-state index is 13.4. The first-order valence-electron chi connectivity index (χ1n) is 12.9. The number of nitrogens with one attached hydrogen (secondary N) is 3. The molecule has 2 aromatic carbocycles. The Morgan fingerprint density at radius 3 is 2.41 bits per heavy atom. The number of carbonyl (C=O) groups excluding carboxylic acids is 3. The Labute approximate surface area is 231 Å². The predicted molar refractivity (Wildman–Crippen MR) is 151 cm³/mol. The monoisotopic (exact) mass is 544 g/mol. The second-order valence-corrected chi connectivity index (χ2v) is 9.99. The zero-order valence-electron chi connectivity index (χ0n) is 21.5. The number of hydrogen-bond donors (Lipinski definition) is 3. The van der Waals surface area contributed by atoms with E-state index in [9.17, 15) is 14.4 Å². The predicted octanol–water partition coefficient (Wildman–Crippen LogP) is 4.56. The molecule has 1 aliphatic heterocycles. The quantitative estimate of drug-likeness (QED) is 0.221. The Morgan fingerprint density at radius 2 is 1.72 bits per heavy atom. The molecule has 9 nitrogen and oxygen atoms in total. The van der Waals surface area contributed by atoms with E-state index in [1.54, 1.807) is 35.2 Å². The minimum atomic E-state index is -0.143. The summed E-state index contributed by atoms with van der Waals surface area (Å²) < 4.78 is 0. The second kappa shape index (κ2) is 11.7. The topological polar surface area (TPSA) is 120 Å². The van der Waals surface area contributed by atoms with Crippen molar-refractivity contribution in [3.05, 3.63) is 76.9 Å². The first-order chi connectivity index (χ1) is 18.9. The first kappa shape index (κ1) is 26.4. The summed E-state index contributed by atoms with van der Waals surface area (Å²) in [4.78, 5) is 51.9. The highest BCUT2D eigenvalue weighted by atomic mass is 35.5. The van der Waals surface area contributed by atoms with Crippen LogP contribution in [0.5, 0.6) is 0 Å². The van der Waals surface area contributed by atoms with E-state index in [-0.39, 0.29) is 23.5 Å². The van der Waals surface area contributed by atoms with E-state index in [4.69, 9.17) is 16.6 Å². The molecule has 0 radical (unpaired) electrons. The number of benzene rings is 2. The highest BCUT2D eigenvalue weighted by Crippen LogP contribution is 2.28. The number of H-pyrrole nitrogens is 1. The molecule has 5 rings (SSSR count). The molecular weight excluding hydrogens is 516 g/mol. The molecule has 39 heavy (non-hydrogen) atoms. The van der Waals surface area contributed by atoms with Crippen molar-refractivity contribution >= 4 is 46.0 Å². The van der Waals surface area contributed by atoms with Crippen molar-refractivity contribution in [2.75, 3.05) is 31.5 Å². The number of hydrogen-bond acceptors (Lipinski definition) is 6. The van der Waals surface area contributed by atoms with E-state index in [1.807, 2.05) is 30.3 Å². The van der Waals surface area contributed by atoms with Gasteiger partial charge in [0.25, 0.3) is 5.91 Å². The van der Waals surface area contributed by atoms with Crippen LogP contribution in [-0.2, 0) is 4.79 Å². The first-order valence-corrected chi connectivity index (χ1v) is 13.3. The van der Waals surface area contributed by atoms with Crippen LogP contribution in [0.3, 0.4) is 0 Å². The van der Waals surface area contributed by atoms with Gasteiger partial charge >= 0.3 is 0 Å². The van der Waals surface area contributed by atoms with Gasteiger partial charge in [-0.15, -0.1) is 0 Å². The number of fused-ring (bicyclic) bond motifs is 1. The third kappa shape index (κ3) is 6.09. The summed E-state index contributed by atoms with van der Waals surface area (Å²) in [6, 6.07) is 18.3. The third-order valence-corrected chi connectivity index (χ3v) is 7.07. The van der Waals surface area contributed by atoms with Gasteiger partial charge in [-0.2, -0.15) is 0 Å². The molecule has 0 spiro atoms. The van der Waals surface area contributed by atoms with E-state index in [1.165, 1.54) is 6.92 Å². The van der Waals surface area contributed by atoms with Crippen molar-refractivity contribution in [1.82, 2.24) is 25.2 Å². The van der Waals surface area contributed by atoms with Gasteiger partial charge in [0.1, 0.15) is 17.2 Å². The van der Waals surface area contributed by atoms with Gasteiger partial charge in [0.15, 0.2) is 11.6 Å². The summed E-state index contributed by atoms with van der Waals surface area (Å²) in [6.45, 7) is 3.34. The van der Waals surface area contributed by atoms with E-state index in [0.717, 1.165) is 5.56 Å². The molecule has 1 fully saturated rings. The number of aromatic amines is 1. The second-order valence-electron chi connectivity index (χ2n) is 9.55. The van der Waals surface area contributed by atoms with Crippen LogP contribution in [0.1, 0.15) is 40.6 Å². The van der Waals surface area contributed by atoms with Crippen molar-refractivity contribution in [2.45, 2.75) is 19.8 Å². The number of anilines is 1. The number of aromatic nitrogens is 3. The summed E-state index contributed by atoms with van der Waals surface area (Å²) in [5.41, 5.74) is 2.45. The smallest absolute Gasteiger partial charge is 0.270 e. The van der Waals surface area contributed by atoms with Gasteiger partial charge < -0.3 is 20.5 Å². The Bertz CT molecular complexity index is 1490. The minimum absolute atomic E-state index is 0.0862. The van der Waals surface area contributed by atoms with Crippen molar-refractivity contribution in [3.63, 3.8) is 0 Å². The summed E-state index contributed by atoms with van der Waals surface area (Å²) in [5, 5.41) is 7.31. The van der Waals surface area contributed by atoms with Crippen molar-refractivity contribution in [3.8, 4) is 11.4 Å². The average Bonchev–Trinajstić information content (AvgIpc) is 3.40. The number of Topliss-reactive ketones (excluding diaryl/α,β-unsaturated/α-hetero) is 1. The van der Waals surface area contributed by atoms with Gasteiger partial charge in [-0.1, -0.05) is 41.9 Å². The summed E-state index contributed by atoms with van der Waals surface area (Å²) in [6.07, 6.45) is 1.20. The molecule has 10 heteroatoms. The van der Waals surface area contributed by atoms with Gasteiger partial charge in [0, 0.05) is 55.2 Å². The van der Waals surface area contributed by atoms with Crippen LogP contribution in [-0.4, -0.2) is 63.6 Å². The minimum Gasteiger partial charge on any atom is -0.368 e. The zero-order chi connectivity index (χ0) is 27.4. The highest BCUT2D eigenvalue weighted by Gasteiger charge is 2.29. The third-order valence-electron chi connectivity index (χ3n) is 6.82. The Kier molecular flexibility index (Phi) is 7.88. The zero-order valence-corrected chi connectivity index (χ0v) is 22.3. The fourth-order valence-electron chi connectivity index (χ4n) is 4.76. The normalized spacial score (nSPS) is 13.8. The lowest BCUT2D eigenvalue weighted by atomic mass is 9.89. The number of ketones is 1. The van der Waals surface area contributed by atoms with Crippen LogP contribution in [0.15, 0.2) is 60.7 Å². The van der Waals surface area contributed by atoms with E-state index in [2.05, 4.69) is 20.6 Å². The summed E-state index contributed by atoms with van der Waals surface area (Å²) in [7, 11) is 0. The van der Waals surface area contributed by atoms with Gasteiger partial charge in [0.2, 0.25) is 5.91 Å². The molecule has 0 bridgehead atoms. The molecule has 2 amide bonds. The van der Waals surface area contributed by atoms with Gasteiger partial charge in [0.05, 0.1) is 5.39 Å². The summed E-state index contributed by atoms with van der Waals surface area (Å²) >= 11 is 5.95. The van der Waals surface area contributed by atoms with Crippen molar-refractivity contribution < 1.29 is 14.4 Å². The molecule has 0 saturated carbocycles. The van der Waals surface area contributed by atoms with Gasteiger partial charge in [-0.25, -0.2) is 9.97 Å². The van der Waals surface area contributed by atoms with Crippen molar-refractivity contribution in [1.29, 1.82) is 0 Å². The molecule has 0 aliphatic carbocycles. The number of nitrogens with zero attached hydrogens (tertiary/aromatic N) is 3. The van der Waals surface area contributed by atoms with Gasteiger partial charge in [-0.3, -0.25) is 14.4 Å². The van der Waals surface area contributed by atoms with Gasteiger partial charge in [-0.05, 0) is 43.2 Å². The number of carbonyl (C=O) groups is 3. The van der Waals surface area contributed by atoms with Crippen LogP contribution in [0.25, 0.3) is 22.4 Å². The molecular formula is C29H29ClN6O3. The van der Waals surface area contributed by atoms with Crippen LogP contribution >= 0.6 is 11.6 Å². The summed E-state index contributed by atoms with van der Waals surface area (Å²) in [5.74, 6) is 0.803. The van der Waals surface area contributed by atoms with E-state index >= 15 is 0 Å². The Hall–Kier alpha value is -4.24.